The molecule has 0 spiro atoms. The van der Waals surface area contributed by atoms with Gasteiger partial charge < -0.3 is 5.32 Å². The first-order valence-corrected chi connectivity index (χ1v) is 7.61. The molecule has 0 aliphatic rings. The summed E-state index contributed by atoms with van der Waals surface area (Å²) in [7, 11) is 0. The van der Waals surface area contributed by atoms with E-state index in [1.54, 1.807) is 0 Å². The molecule has 0 unspecified atom stereocenters. The Morgan fingerprint density at radius 2 is 1.64 bits per heavy atom. The molecular formula is C20H19NO. The normalized spacial score (nSPS) is 10.6. The van der Waals surface area contributed by atoms with Crippen LogP contribution in [-0.2, 0) is 17.6 Å². The predicted molar refractivity (Wildman–Crippen MR) is 92.1 cm³/mol. The number of aryl methyl sites for hydroxylation is 1. The molecule has 0 fully saturated rings. The number of hydrogen-bond donors (Lipinski definition) is 1. The molecule has 2 heteroatoms. The van der Waals surface area contributed by atoms with Crippen molar-refractivity contribution >= 4 is 22.4 Å². The zero-order chi connectivity index (χ0) is 15.4. The number of nitrogens with one attached hydrogen (secondary N) is 1. The SMILES string of the molecule is CCc1ccc(NC(=O)Cc2cccc3ccccc23)cc1. The van der Waals surface area contributed by atoms with Crippen molar-refractivity contribution in [3.8, 4) is 0 Å². The predicted octanol–water partition coefficient (Wildman–Crippen LogP) is 4.58. The topological polar surface area (TPSA) is 29.1 Å². The van der Waals surface area contributed by atoms with Crippen molar-refractivity contribution in [3.63, 3.8) is 0 Å². The van der Waals surface area contributed by atoms with Crippen LogP contribution in [0.15, 0.2) is 66.7 Å². The highest BCUT2D eigenvalue weighted by atomic mass is 16.1. The van der Waals surface area contributed by atoms with Crippen LogP contribution in [0, 0.1) is 0 Å². The molecule has 0 aromatic heterocycles. The summed E-state index contributed by atoms with van der Waals surface area (Å²) in [4.78, 5) is 12.3. The molecule has 0 saturated carbocycles. The molecule has 0 aliphatic carbocycles. The molecule has 0 aliphatic heterocycles. The van der Waals surface area contributed by atoms with E-state index in [0.29, 0.717) is 6.42 Å². The van der Waals surface area contributed by atoms with Crippen molar-refractivity contribution in [3.05, 3.63) is 77.9 Å². The van der Waals surface area contributed by atoms with E-state index in [1.807, 2.05) is 48.5 Å². The number of amides is 1. The van der Waals surface area contributed by atoms with Crippen LogP contribution in [0.1, 0.15) is 18.1 Å². The van der Waals surface area contributed by atoms with Gasteiger partial charge in [0.15, 0.2) is 0 Å². The fraction of sp³-hybridized carbons (Fsp3) is 0.150. The van der Waals surface area contributed by atoms with Gasteiger partial charge >= 0.3 is 0 Å². The molecule has 0 bridgehead atoms. The molecule has 22 heavy (non-hydrogen) atoms. The second kappa shape index (κ2) is 6.44. The van der Waals surface area contributed by atoms with E-state index in [0.717, 1.165) is 23.1 Å². The van der Waals surface area contributed by atoms with E-state index in [4.69, 9.17) is 0 Å². The lowest BCUT2D eigenvalue weighted by molar-refractivity contribution is -0.115. The molecule has 3 rings (SSSR count). The van der Waals surface area contributed by atoms with Crippen molar-refractivity contribution in [1.29, 1.82) is 0 Å². The van der Waals surface area contributed by atoms with Crippen molar-refractivity contribution < 1.29 is 4.79 Å². The average Bonchev–Trinajstić information content (AvgIpc) is 2.56. The van der Waals surface area contributed by atoms with E-state index in [9.17, 15) is 4.79 Å². The Labute approximate surface area is 130 Å². The van der Waals surface area contributed by atoms with Gasteiger partial charge in [-0.15, -0.1) is 0 Å². The van der Waals surface area contributed by atoms with Gasteiger partial charge in [0.2, 0.25) is 5.91 Å². The van der Waals surface area contributed by atoms with Gasteiger partial charge in [-0.25, -0.2) is 0 Å². The lowest BCUT2D eigenvalue weighted by Crippen LogP contribution is -2.14. The van der Waals surface area contributed by atoms with E-state index in [1.165, 1.54) is 10.9 Å². The van der Waals surface area contributed by atoms with Crippen LogP contribution < -0.4 is 5.32 Å². The monoisotopic (exact) mass is 289 g/mol. The summed E-state index contributed by atoms with van der Waals surface area (Å²) in [6.45, 7) is 2.12. The highest BCUT2D eigenvalue weighted by Gasteiger charge is 2.07. The third-order valence-electron chi connectivity index (χ3n) is 3.88. The minimum Gasteiger partial charge on any atom is -0.326 e. The maximum absolute atomic E-state index is 12.3. The molecule has 2 nitrogen and oxygen atoms in total. The Morgan fingerprint density at radius 1 is 0.909 bits per heavy atom. The third-order valence-corrected chi connectivity index (χ3v) is 3.88. The fourth-order valence-corrected chi connectivity index (χ4v) is 2.65. The number of anilines is 1. The molecule has 3 aromatic carbocycles. The van der Waals surface area contributed by atoms with E-state index in [-0.39, 0.29) is 5.91 Å². The smallest absolute Gasteiger partial charge is 0.228 e. The van der Waals surface area contributed by atoms with Crippen LogP contribution in [0.5, 0.6) is 0 Å². The summed E-state index contributed by atoms with van der Waals surface area (Å²) in [5.41, 5.74) is 3.18. The first-order valence-electron chi connectivity index (χ1n) is 7.61. The number of carbonyl (C=O) groups excluding carboxylic acids is 1. The van der Waals surface area contributed by atoms with Crippen LogP contribution in [-0.4, -0.2) is 5.91 Å². The number of hydrogen-bond acceptors (Lipinski definition) is 1. The molecule has 3 aromatic rings. The summed E-state index contributed by atoms with van der Waals surface area (Å²) < 4.78 is 0. The zero-order valence-corrected chi connectivity index (χ0v) is 12.7. The van der Waals surface area contributed by atoms with Crippen molar-refractivity contribution in [1.82, 2.24) is 0 Å². The van der Waals surface area contributed by atoms with E-state index in [2.05, 4.69) is 30.4 Å². The molecule has 0 radical (unpaired) electrons. The molecular weight excluding hydrogens is 270 g/mol. The van der Waals surface area contributed by atoms with E-state index >= 15 is 0 Å². The standard InChI is InChI=1S/C20H19NO/c1-2-15-10-12-18(13-11-15)21-20(22)14-17-8-5-7-16-6-3-4-9-19(16)17/h3-13H,2,14H2,1H3,(H,21,22). The fourth-order valence-electron chi connectivity index (χ4n) is 2.65. The number of carbonyl (C=O) groups is 1. The Bertz CT molecular complexity index is 785. The Balaban J connectivity index is 1.75. The summed E-state index contributed by atoms with van der Waals surface area (Å²) in [6, 6.07) is 22.3. The van der Waals surface area contributed by atoms with Crippen LogP contribution in [0.2, 0.25) is 0 Å². The highest BCUT2D eigenvalue weighted by molar-refractivity contribution is 5.96. The Hall–Kier alpha value is -2.61. The maximum atomic E-state index is 12.3. The molecule has 0 atom stereocenters. The quantitative estimate of drug-likeness (QED) is 0.748. The van der Waals surface area contributed by atoms with Crippen molar-refractivity contribution in [2.45, 2.75) is 19.8 Å². The van der Waals surface area contributed by atoms with Crippen molar-refractivity contribution in [2.24, 2.45) is 0 Å². The van der Waals surface area contributed by atoms with Gasteiger partial charge in [0, 0.05) is 5.69 Å². The van der Waals surface area contributed by atoms with Gasteiger partial charge in [0.25, 0.3) is 0 Å². The Morgan fingerprint density at radius 3 is 2.41 bits per heavy atom. The number of fused-ring (bicyclic) bond motifs is 1. The molecule has 1 N–H and O–H groups in total. The van der Waals surface area contributed by atoms with Crippen molar-refractivity contribution in [2.75, 3.05) is 5.32 Å². The van der Waals surface area contributed by atoms with Gasteiger partial charge in [-0.1, -0.05) is 61.5 Å². The maximum Gasteiger partial charge on any atom is 0.228 e. The molecule has 0 heterocycles. The van der Waals surface area contributed by atoms with Crippen LogP contribution in [0.4, 0.5) is 5.69 Å². The number of benzene rings is 3. The lowest BCUT2D eigenvalue weighted by Gasteiger charge is -2.08. The minimum atomic E-state index is 0.0144. The summed E-state index contributed by atoms with van der Waals surface area (Å²) in [6.07, 6.45) is 1.39. The number of rotatable bonds is 4. The van der Waals surface area contributed by atoms with Gasteiger partial charge in [0.1, 0.15) is 0 Å². The average molecular weight is 289 g/mol. The van der Waals surface area contributed by atoms with Crippen LogP contribution in [0.25, 0.3) is 10.8 Å². The van der Waals surface area contributed by atoms with E-state index < -0.39 is 0 Å². The first-order chi connectivity index (χ1) is 10.8. The largest absolute Gasteiger partial charge is 0.326 e. The van der Waals surface area contributed by atoms with Crippen LogP contribution in [0.3, 0.4) is 0 Å². The first kappa shape index (κ1) is 14.3. The lowest BCUT2D eigenvalue weighted by atomic mass is 10.0. The zero-order valence-electron chi connectivity index (χ0n) is 12.7. The second-order valence-electron chi connectivity index (χ2n) is 5.41. The summed E-state index contributed by atoms with van der Waals surface area (Å²) >= 11 is 0. The van der Waals surface area contributed by atoms with Gasteiger partial charge in [-0.3, -0.25) is 4.79 Å². The minimum absolute atomic E-state index is 0.0144. The molecule has 110 valence electrons. The summed E-state index contributed by atoms with van der Waals surface area (Å²) in [5, 5.41) is 5.27. The van der Waals surface area contributed by atoms with Gasteiger partial charge in [-0.2, -0.15) is 0 Å². The second-order valence-corrected chi connectivity index (χ2v) is 5.41. The van der Waals surface area contributed by atoms with Gasteiger partial charge in [-0.05, 0) is 40.5 Å². The van der Waals surface area contributed by atoms with Crippen LogP contribution >= 0.6 is 0 Å². The molecule has 1 amide bonds. The van der Waals surface area contributed by atoms with Gasteiger partial charge in [0.05, 0.1) is 6.42 Å². The highest BCUT2D eigenvalue weighted by Crippen LogP contribution is 2.19. The third kappa shape index (κ3) is 3.17. The Kier molecular flexibility index (Phi) is 4.19. The molecule has 0 saturated heterocycles. The summed E-state index contributed by atoms with van der Waals surface area (Å²) in [5.74, 6) is 0.0144.